The zero-order valence-corrected chi connectivity index (χ0v) is 18.6. The van der Waals surface area contributed by atoms with Gasteiger partial charge in [0.1, 0.15) is 0 Å². The number of H-pyrrole nitrogens is 1. The average molecular weight is 437 g/mol. The van der Waals surface area contributed by atoms with Crippen LogP contribution < -0.4 is 10.9 Å². The second-order valence-electron chi connectivity index (χ2n) is 10.1. The van der Waals surface area contributed by atoms with Gasteiger partial charge in [-0.3, -0.25) is 9.59 Å². The number of carbonyl (C=O) groups excluding carboxylic acids is 1. The molecule has 4 bridgehead atoms. The average Bonchev–Trinajstić information content (AvgIpc) is 3.17. The molecule has 0 spiro atoms. The summed E-state index contributed by atoms with van der Waals surface area (Å²) in [6.07, 6.45) is 7.82. The number of aromatic nitrogens is 1. The van der Waals surface area contributed by atoms with Gasteiger partial charge in [0.05, 0.1) is 22.5 Å². The second kappa shape index (κ2) is 7.17. The summed E-state index contributed by atoms with van der Waals surface area (Å²) >= 11 is 1.39. The minimum Gasteiger partial charge on any atom is -0.373 e. The number of nitrogens with one attached hydrogen (secondary N) is 2. The molecule has 6 heteroatoms. The maximum Gasteiger partial charge on any atom is 0.261 e. The Labute approximate surface area is 185 Å². The lowest BCUT2D eigenvalue weighted by Gasteiger charge is -2.56. The van der Waals surface area contributed by atoms with Gasteiger partial charge in [0.15, 0.2) is 0 Å². The standard InChI is InChI=1S/C25H28N2O3S/c1-14-2-3-20-18(6-14)22-19(23(28)27-20)10-21(31-22)24(29)26-4-5-30-25-11-15-7-16(12-25)9-17(8-15)13-25/h2-3,6,10,15-17H,4-5,7-9,11-13H2,1H3,(H,26,29)(H,27,28). The summed E-state index contributed by atoms with van der Waals surface area (Å²) in [5.74, 6) is 2.44. The first-order chi connectivity index (χ1) is 15.0. The van der Waals surface area contributed by atoms with Crippen molar-refractivity contribution < 1.29 is 9.53 Å². The number of pyridine rings is 1. The van der Waals surface area contributed by atoms with Gasteiger partial charge in [0.2, 0.25) is 0 Å². The summed E-state index contributed by atoms with van der Waals surface area (Å²) in [6, 6.07) is 7.68. The molecule has 7 rings (SSSR count). The first-order valence-corrected chi connectivity index (χ1v) is 12.3. The van der Waals surface area contributed by atoms with Gasteiger partial charge in [-0.05, 0) is 81.4 Å². The number of aryl methyl sites for hydroxylation is 1. The van der Waals surface area contributed by atoms with E-state index in [0.29, 0.717) is 23.4 Å². The molecule has 5 nitrogen and oxygen atoms in total. The SMILES string of the molecule is Cc1ccc2[nH]c(=O)c3cc(C(=O)NCCOC45CC6CC(CC(C6)C4)C5)sc3c2c1. The topological polar surface area (TPSA) is 71.2 Å². The van der Waals surface area contributed by atoms with Crippen LogP contribution in [0.15, 0.2) is 29.1 Å². The van der Waals surface area contributed by atoms with Crippen LogP contribution in [-0.2, 0) is 4.74 Å². The van der Waals surface area contributed by atoms with E-state index in [0.717, 1.165) is 38.9 Å². The summed E-state index contributed by atoms with van der Waals surface area (Å²) in [5.41, 5.74) is 1.86. The van der Waals surface area contributed by atoms with Gasteiger partial charge >= 0.3 is 0 Å². The number of aromatic amines is 1. The summed E-state index contributed by atoms with van der Waals surface area (Å²) < 4.78 is 7.28. The van der Waals surface area contributed by atoms with Crippen molar-refractivity contribution in [2.45, 2.75) is 51.0 Å². The first kappa shape index (κ1) is 19.5. The van der Waals surface area contributed by atoms with Gasteiger partial charge in [0, 0.05) is 22.1 Å². The molecule has 0 unspecified atom stereocenters. The molecule has 2 aromatic heterocycles. The molecule has 2 N–H and O–H groups in total. The van der Waals surface area contributed by atoms with Crippen molar-refractivity contribution in [2.75, 3.05) is 13.2 Å². The zero-order chi connectivity index (χ0) is 21.2. The highest BCUT2D eigenvalue weighted by Gasteiger charge is 2.51. The van der Waals surface area contributed by atoms with E-state index >= 15 is 0 Å². The molecule has 0 atom stereocenters. The smallest absolute Gasteiger partial charge is 0.261 e. The molecule has 4 fully saturated rings. The van der Waals surface area contributed by atoms with Crippen LogP contribution in [0.4, 0.5) is 0 Å². The van der Waals surface area contributed by atoms with Crippen LogP contribution in [-0.4, -0.2) is 29.6 Å². The third-order valence-corrected chi connectivity index (χ3v) is 8.81. The molecule has 3 aromatic rings. The lowest BCUT2D eigenvalue weighted by atomic mass is 9.54. The summed E-state index contributed by atoms with van der Waals surface area (Å²) in [4.78, 5) is 28.8. The molecule has 2 heterocycles. The molecule has 31 heavy (non-hydrogen) atoms. The molecule has 0 aliphatic heterocycles. The van der Waals surface area contributed by atoms with E-state index in [4.69, 9.17) is 4.74 Å². The third-order valence-electron chi connectivity index (χ3n) is 7.65. The number of hydrogen-bond acceptors (Lipinski definition) is 4. The summed E-state index contributed by atoms with van der Waals surface area (Å²) in [5, 5.41) is 4.58. The number of thiophene rings is 1. The number of ether oxygens (including phenoxy) is 1. The molecule has 162 valence electrons. The minimum absolute atomic E-state index is 0.0706. The van der Waals surface area contributed by atoms with Crippen LogP contribution in [0, 0.1) is 24.7 Å². The Morgan fingerprint density at radius 1 is 1.13 bits per heavy atom. The van der Waals surface area contributed by atoms with Crippen molar-refractivity contribution in [2.24, 2.45) is 17.8 Å². The fraction of sp³-hybridized carbons (Fsp3) is 0.520. The number of benzene rings is 1. The molecular weight excluding hydrogens is 408 g/mol. The van der Waals surface area contributed by atoms with E-state index in [9.17, 15) is 9.59 Å². The first-order valence-electron chi connectivity index (χ1n) is 11.5. The van der Waals surface area contributed by atoms with Crippen molar-refractivity contribution in [3.63, 3.8) is 0 Å². The van der Waals surface area contributed by atoms with Crippen LogP contribution >= 0.6 is 11.3 Å². The predicted octanol–water partition coefficient (Wildman–Crippen LogP) is 4.77. The normalized spacial score (nSPS) is 29.1. The molecule has 4 aliphatic rings. The van der Waals surface area contributed by atoms with Crippen molar-refractivity contribution in [1.82, 2.24) is 10.3 Å². The largest absolute Gasteiger partial charge is 0.373 e. The molecular formula is C25H28N2O3S. The summed E-state index contributed by atoms with van der Waals surface area (Å²) in [6.45, 7) is 3.10. The maximum atomic E-state index is 12.8. The van der Waals surface area contributed by atoms with E-state index in [-0.39, 0.29) is 17.1 Å². The quantitative estimate of drug-likeness (QED) is 0.566. The molecule has 0 saturated heterocycles. The molecule has 4 saturated carbocycles. The van der Waals surface area contributed by atoms with Crippen LogP contribution in [0.2, 0.25) is 0 Å². The van der Waals surface area contributed by atoms with Crippen molar-refractivity contribution in [3.8, 4) is 0 Å². The van der Waals surface area contributed by atoms with Gasteiger partial charge in [-0.25, -0.2) is 0 Å². The van der Waals surface area contributed by atoms with Crippen LogP contribution in [0.1, 0.15) is 53.8 Å². The zero-order valence-electron chi connectivity index (χ0n) is 17.8. The van der Waals surface area contributed by atoms with Crippen molar-refractivity contribution >= 4 is 38.2 Å². The van der Waals surface area contributed by atoms with Gasteiger partial charge in [0.25, 0.3) is 11.5 Å². The van der Waals surface area contributed by atoms with Crippen molar-refractivity contribution in [3.05, 3.63) is 45.1 Å². The Morgan fingerprint density at radius 3 is 2.55 bits per heavy atom. The number of carbonyl (C=O) groups is 1. The van der Waals surface area contributed by atoms with Crippen LogP contribution in [0.3, 0.4) is 0 Å². The Bertz CT molecular complexity index is 1210. The van der Waals surface area contributed by atoms with Gasteiger partial charge < -0.3 is 15.0 Å². The highest BCUT2D eigenvalue weighted by molar-refractivity contribution is 7.21. The number of rotatable bonds is 5. The Balaban J connectivity index is 1.14. The fourth-order valence-electron chi connectivity index (χ4n) is 6.74. The maximum absolute atomic E-state index is 12.8. The third kappa shape index (κ3) is 3.40. The van der Waals surface area contributed by atoms with E-state index in [1.807, 2.05) is 19.1 Å². The fourth-order valence-corrected chi connectivity index (χ4v) is 7.85. The van der Waals surface area contributed by atoms with E-state index in [1.54, 1.807) is 6.07 Å². The molecule has 1 amide bonds. The number of hydrogen-bond donors (Lipinski definition) is 2. The van der Waals surface area contributed by atoms with E-state index in [2.05, 4.69) is 16.4 Å². The lowest BCUT2D eigenvalue weighted by Crippen LogP contribution is -2.52. The molecule has 1 aromatic carbocycles. The van der Waals surface area contributed by atoms with Gasteiger partial charge in [-0.2, -0.15) is 0 Å². The van der Waals surface area contributed by atoms with E-state index in [1.165, 1.54) is 49.9 Å². The lowest BCUT2D eigenvalue weighted by molar-refractivity contribution is -0.160. The Kier molecular flexibility index (Phi) is 4.51. The molecule has 0 radical (unpaired) electrons. The highest BCUT2D eigenvalue weighted by atomic mass is 32.1. The molecule has 4 aliphatic carbocycles. The van der Waals surface area contributed by atoms with E-state index < -0.39 is 0 Å². The summed E-state index contributed by atoms with van der Waals surface area (Å²) in [7, 11) is 0. The Hall–Kier alpha value is -2.18. The number of fused-ring (bicyclic) bond motifs is 3. The van der Waals surface area contributed by atoms with Crippen LogP contribution in [0.25, 0.3) is 21.0 Å². The number of amides is 1. The second-order valence-corrected chi connectivity index (χ2v) is 11.1. The minimum atomic E-state index is -0.146. The van der Waals surface area contributed by atoms with Crippen LogP contribution in [0.5, 0.6) is 0 Å². The van der Waals surface area contributed by atoms with Gasteiger partial charge in [-0.15, -0.1) is 11.3 Å². The van der Waals surface area contributed by atoms with Crippen molar-refractivity contribution in [1.29, 1.82) is 0 Å². The monoisotopic (exact) mass is 436 g/mol. The predicted molar refractivity (Wildman–Crippen MR) is 124 cm³/mol. The highest BCUT2D eigenvalue weighted by Crippen LogP contribution is 2.57. The Morgan fingerprint density at radius 2 is 1.84 bits per heavy atom. The van der Waals surface area contributed by atoms with Gasteiger partial charge in [-0.1, -0.05) is 11.6 Å².